The first-order valence-corrected chi connectivity index (χ1v) is 10.1. The van der Waals surface area contributed by atoms with Crippen LogP contribution >= 0.6 is 34.8 Å². The fourth-order valence-electron chi connectivity index (χ4n) is 3.23. The Kier molecular flexibility index (Phi) is 7.01. The summed E-state index contributed by atoms with van der Waals surface area (Å²) < 4.78 is 0. The molecule has 0 heterocycles. The van der Waals surface area contributed by atoms with Gasteiger partial charge in [0.05, 0.1) is 0 Å². The summed E-state index contributed by atoms with van der Waals surface area (Å²) in [5, 5.41) is 4.97. The molecule has 0 fully saturated rings. The highest BCUT2D eigenvalue weighted by Crippen LogP contribution is 2.33. The van der Waals surface area contributed by atoms with Crippen LogP contribution in [0, 0.1) is 0 Å². The predicted octanol–water partition coefficient (Wildman–Crippen LogP) is 6.96. The maximum absolute atomic E-state index is 12.6. The summed E-state index contributed by atoms with van der Waals surface area (Å²) in [6.07, 6.45) is 0. The summed E-state index contributed by atoms with van der Waals surface area (Å²) in [4.78, 5) is 12.6. The maximum atomic E-state index is 12.6. The van der Waals surface area contributed by atoms with E-state index >= 15 is 0 Å². The molecule has 28 heavy (non-hydrogen) atoms. The van der Waals surface area contributed by atoms with Crippen LogP contribution in [0.25, 0.3) is 0 Å². The van der Waals surface area contributed by atoms with Gasteiger partial charge in [0.1, 0.15) is 0 Å². The molecule has 0 bridgehead atoms. The highest BCUT2D eigenvalue weighted by atomic mass is 35.5. The van der Waals surface area contributed by atoms with Gasteiger partial charge in [-0.2, -0.15) is 0 Å². The van der Waals surface area contributed by atoms with Gasteiger partial charge in [-0.1, -0.05) is 72.1 Å². The molecule has 0 aliphatic carbocycles. The van der Waals surface area contributed by atoms with E-state index in [1.807, 2.05) is 48.5 Å². The topological polar surface area (TPSA) is 29.1 Å². The Labute approximate surface area is 180 Å². The Morgan fingerprint density at radius 1 is 0.821 bits per heavy atom. The monoisotopic (exact) mass is 431 g/mol. The van der Waals surface area contributed by atoms with Gasteiger partial charge < -0.3 is 5.32 Å². The number of rotatable bonds is 6. The summed E-state index contributed by atoms with van der Waals surface area (Å²) in [7, 11) is 0. The van der Waals surface area contributed by atoms with Crippen LogP contribution in [0.4, 0.5) is 0 Å². The third-order valence-corrected chi connectivity index (χ3v) is 5.61. The molecular weight excluding hydrogens is 413 g/mol. The molecule has 144 valence electrons. The van der Waals surface area contributed by atoms with Gasteiger partial charge >= 0.3 is 0 Å². The molecule has 1 N–H and O–H groups in total. The Morgan fingerprint density at radius 3 is 1.96 bits per heavy atom. The average Bonchev–Trinajstić information content (AvgIpc) is 2.69. The molecule has 3 aromatic rings. The first-order valence-electron chi connectivity index (χ1n) is 8.99. The molecule has 0 radical (unpaired) electrons. The molecular formula is C23H20Cl3NO. The number of benzene rings is 3. The highest BCUT2D eigenvalue weighted by molar-refractivity contribution is 6.31. The second-order valence-corrected chi connectivity index (χ2v) is 8.03. The number of carbonyl (C=O) groups is 1. The standard InChI is InChI=1S/C23H20Cl3NO/c1-15(16-5-9-19(24)10-6-16)22(17-7-11-20(25)12-8-17)14-27-23(28)18-3-2-4-21(26)13-18/h2-13,15,22H,14H2,1H3,(H,27,28). The lowest BCUT2D eigenvalue weighted by atomic mass is 9.82. The molecule has 0 saturated heterocycles. The van der Waals surface area contributed by atoms with Crippen LogP contribution in [0.2, 0.25) is 15.1 Å². The zero-order chi connectivity index (χ0) is 20.1. The Bertz CT molecular complexity index is 939. The summed E-state index contributed by atoms with van der Waals surface area (Å²) in [6.45, 7) is 2.63. The predicted molar refractivity (Wildman–Crippen MR) is 118 cm³/mol. The summed E-state index contributed by atoms with van der Waals surface area (Å²) in [5.41, 5.74) is 2.81. The van der Waals surface area contributed by atoms with Crippen molar-refractivity contribution in [3.8, 4) is 0 Å². The fourth-order valence-corrected chi connectivity index (χ4v) is 3.67. The SMILES string of the molecule is CC(c1ccc(Cl)cc1)C(CNC(=O)c1cccc(Cl)c1)c1ccc(Cl)cc1. The zero-order valence-electron chi connectivity index (χ0n) is 15.3. The van der Waals surface area contributed by atoms with Crippen LogP contribution in [0.5, 0.6) is 0 Å². The van der Waals surface area contributed by atoms with Gasteiger partial charge in [0.25, 0.3) is 5.91 Å². The lowest BCUT2D eigenvalue weighted by Gasteiger charge is -2.25. The Balaban J connectivity index is 1.82. The summed E-state index contributed by atoms with van der Waals surface area (Å²) >= 11 is 18.1. The number of halogens is 3. The molecule has 2 unspecified atom stereocenters. The molecule has 0 aliphatic heterocycles. The molecule has 3 aromatic carbocycles. The van der Waals surface area contributed by atoms with E-state index in [1.54, 1.807) is 24.3 Å². The third kappa shape index (κ3) is 5.29. The van der Waals surface area contributed by atoms with E-state index in [1.165, 1.54) is 0 Å². The first-order chi connectivity index (χ1) is 13.4. The highest BCUT2D eigenvalue weighted by Gasteiger charge is 2.22. The third-order valence-electron chi connectivity index (χ3n) is 4.87. The minimum absolute atomic E-state index is 0.0709. The van der Waals surface area contributed by atoms with Gasteiger partial charge in [-0.05, 0) is 59.5 Å². The normalized spacial score (nSPS) is 13.0. The first kappa shape index (κ1) is 20.7. The van der Waals surface area contributed by atoms with Crippen molar-refractivity contribution in [2.24, 2.45) is 0 Å². The van der Waals surface area contributed by atoms with E-state index in [-0.39, 0.29) is 17.7 Å². The summed E-state index contributed by atoms with van der Waals surface area (Å²) in [5.74, 6) is 0.0875. The van der Waals surface area contributed by atoms with Crippen molar-refractivity contribution in [2.45, 2.75) is 18.8 Å². The van der Waals surface area contributed by atoms with Crippen molar-refractivity contribution >= 4 is 40.7 Å². The van der Waals surface area contributed by atoms with Gasteiger partial charge in [-0.15, -0.1) is 0 Å². The minimum Gasteiger partial charge on any atom is -0.351 e. The van der Waals surface area contributed by atoms with E-state index in [4.69, 9.17) is 34.8 Å². The lowest BCUT2D eigenvalue weighted by Crippen LogP contribution is -2.30. The molecule has 2 nitrogen and oxygen atoms in total. The molecule has 5 heteroatoms. The number of hydrogen-bond donors (Lipinski definition) is 1. The molecule has 0 spiro atoms. The van der Waals surface area contributed by atoms with Crippen molar-refractivity contribution in [3.63, 3.8) is 0 Å². The zero-order valence-corrected chi connectivity index (χ0v) is 17.6. The molecule has 0 saturated carbocycles. The largest absolute Gasteiger partial charge is 0.351 e. The van der Waals surface area contributed by atoms with E-state index in [0.717, 1.165) is 11.1 Å². The molecule has 1 amide bonds. The number of nitrogens with one attached hydrogen (secondary N) is 1. The van der Waals surface area contributed by atoms with Crippen LogP contribution in [-0.4, -0.2) is 12.5 Å². The minimum atomic E-state index is -0.148. The quantitative estimate of drug-likeness (QED) is 0.448. The number of carbonyl (C=O) groups excluding carboxylic acids is 1. The van der Waals surface area contributed by atoms with Crippen LogP contribution in [0.1, 0.15) is 40.2 Å². The Morgan fingerprint density at radius 2 is 1.39 bits per heavy atom. The van der Waals surface area contributed by atoms with Crippen molar-refractivity contribution < 1.29 is 4.79 Å². The van der Waals surface area contributed by atoms with Gasteiger partial charge in [0.15, 0.2) is 0 Å². The fraction of sp³-hybridized carbons (Fsp3) is 0.174. The van der Waals surface area contributed by atoms with Crippen LogP contribution in [-0.2, 0) is 0 Å². The number of hydrogen-bond acceptors (Lipinski definition) is 1. The van der Waals surface area contributed by atoms with Gasteiger partial charge in [-0.3, -0.25) is 4.79 Å². The second kappa shape index (κ2) is 9.47. The molecule has 0 aliphatic rings. The molecule has 2 atom stereocenters. The second-order valence-electron chi connectivity index (χ2n) is 6.72. The van der Waals surface area contributed by atoms with Crippen molar-refractivity contribution in [2.75, 3.05) is 6.54 Å². The van der Waals surface area contributed by atoms with Gasteiger partial charge in [0, 0.05) is 33.1 Å². The van der Waals surface area contributed by atoms with Gasteiger partial charge in [0.2, 0.25) is 0 Å². The van der Waals surface area contributed by atoms with Crippen LogP contribution in [0.15, 0.2) is 72.8 Å². The Hall–Kier alpha value is -2.00. The van der Waals surface area contributed by atoms with Crippen molar-refractivity contribution in [1.82, 2.24) is 5.32 Å². The average molecular weight is 433 g/mol. The van der Waals surface area contributed by atoms with Crippen molar-refractivity contribution in [3.05, 3.63) is 105 Å². The van der Waals surface area contributed by atoms with E-state index in [9.17, 15) is 4.79 Å². The van der Waals surface area contributed by atoms with Crippen molar-refractivity contribution in [1.29, 1.82) is 0 Å². The van der Waals surface area contributed by atoms with E-state index in [0.29, 0.717) is 27.2 Å². The van der Waals surface area contributed by atoms with E-state index < -0.39 is 0 Å². The lowest BCUT2D eigenvalue weighted by molar-refractivity contribution is 0.0950. The summed E-state index contributed by atoms with van der Waals surface area (Å²) in [6, 6.07) is 22.5. The molecule has 3 rings (SSSR count). The number of amides is 1. The maximum Gasteiger partial charge on any atom is 0.251 e. The molecule has 0 aromatic heterocycles. The van der Waals surface area contributed by atoms with Crippen LogP contribution < -0.4 is 5.32 Å². The van der Waals surface area contributed by atoms with Crippen LogP contribution in [0.3, 0.4) is 0 Å². The van der Waals surface area contributed by atoms with E-state index in [2.05, 4.69) is 12.2 Å². The van der Waals surface area contributed by atoms with Gasteiger partial charge in [-0.25, -0.2) is 0 Å². The smallest absolute Gasteiger partial charge is 0.251 e.